The summed E-state index contributed by atoms with van der Waals surface area (Å²) in [5.41, 5.74) is 1.84. The molecule has 0 unspecified atom stereocenters. The minimum Gasteiger partial charge on any atom is -0.491 e. The van der Waals surface area contributed by atoms with E-state index in [0.717, 1.165) is 28.3 Å². The van der Waals surface area contributed by atoms with Crippen LogP contribution in [-0.2, 0) is 11.3 Å². The Labute approximate surface area is 146 Å². The Morgan fingerprint density at radius 2 is 2.00 bits per heavy atom. The van der Waals surface area contributed by atoms with Crippen molar-refractivity contribution >= 4 is 17.2 Å². The van der Waals surface area contributed by atoms with Gasteiger partial charge in [-0.1, -0.05) is 29.5 Å². The highest BCUT2D eigenvalue weighted by molar-refractivity contribution is 7.07. The molecule has 2 rings (SSSR count). The topological polar surface area (TPSA) is 60.3 Å². The van der Waals surface area contributed by atoms with Crippen molar-refractivity contribution in [2.24, 2.45) is 0 Å². The molecule has 2 aromatic rings. The van der Waals surface area contributed by atoms with Crippen LogP contribution in [0.2, 0.25) is 0 Å². The van der Waals surface area contributed by atoms with Gasteiger partial charge in [0.25, 0.3) is 0 Å². The first-order valence-electron chi connectivity index (χ1n) is 8.08. The fraction of sp³-hybridized carbons (Fsp3) is 0.444. The average Bonchev–Trinajstić information content (AvgIpc) is 2.83. The lowest BCUT2D eigenvalue weighted by molar-refractivity contribution is -0.121. The quantitative estimate of drug-likeness (QED) is 0.835. The second-order valence-corrected chi connectivity index (χ2v) is 6.86. The fourth-order valence-corrected chi connectivity index (χ4v) is 3.24. The van der Waals surface area contributed by atoms with Gasteiger partial charge in [0.1, 0.15) is 5.75 Å². The number of para-hydroxylation sites is 1. The molecule has 5 nitrogen and oxygen atoms in total. The lowest BCUT2D eigenvalue weighted by Crippen LogP contribution is -2.29. The molecule has 1 aromatic carbocycles. The van der Waals surface area contributed by atoms with Crippen LogP contribution in [-0.4, -0.2) is 16.6 Å². The lowest BCUT2D eigenvalue weighted by Gasteiger charge is -2.20. The summed E-state index contributed by atoms with van der Waals surface area (Å²) in [6, 6.07) is 7.55. The van der Waals surface area contributed by atoms with Gasteiger partial charge in [0.2, 0.25) is 5.91 Å². The van der Waals surface area contributed by atoms with Crippen LogP contribution in [0.5, 0.6) is 5.75 Å². The van der Waals surface area contributed by atoms with Crippen LogP contribution in [0.4, 0.5) is 0 Å². The van der Waals surface area contributed by atoms with Gasteiger partial charge in [-0.05, 0) is 33.8 Å². The predicted octanol–water partition coefficient (Wildman–Crippen LogP) is 3.27. The van der Waals surface area contributed by atoms with Gasteiger partial charge in [0, 0.05) is 29.6 Å². The maximum absolute atomic E-state index is 12.2. The number of thiazole rings is 1. The van der Waals surface area contributed by atoms with E-state index in [1.807, 2.05) is 57.3 Å². The normalized spacial score (nSPS) is 12.2. The Bertz CT molecular complexity index is 749. The highest BCUT2D eigenvalue weighted by Crippen LogP contribution is 2.25. The molecule has 0 radical (unpaired) electrons. The first-order chi connectivity index (χ1) is 11.4. The summed E-state index contributed by atoms with van der Waals surface area (Å²) in [4.78, 5) is 23.9. The molecule has 24 heavy (non-hydrogen) atoms. The van der Waals surface area contributed by atoms with Gasteiger partial charge in [0.05, 0.1) is 12.1 Å². The van der Waals surface area contributed by atoms with Crippen molar-refractivity contribution in [2.45, 2.75) is 52.8 Å². The highest BCUT2D eigenvalue weighted by atomic mass is 32.1. The molecule has 1 heterocycles. The number of rotatable bonds is 7. The summed E-state index contributed by atoms with van der Waals surface area (Å²) in [6.45, 7) is 8.15. The Balaban J connectivity index is 1.98. The number of aromatic nitrogens is 1. The van der Waals surface area contributed by atoms with E-state index in [9.17, 15) is 9.59 Å². The number of hydrogen-bond donors (Lipinski definition) is 1. The summed E-state index contributed by atoms with van der Waals surface area (Å²) in [5.74, 6) is 0.699. The van der Waals surface area contributed by atoms with Crippen molar-refractivity contribution in [1.29, 1.82) is 0 Å². The van der Waals surface area contributed by atoms with Gasteiger partial charge in [-0.15, -0.1) is 0 Å². The third-order valence-corrected chi connectivity index (χ3v) is 4.55. The minimum absolute atomic E-state index is 0.0240. The molecule has 130 valence electrons. The van der Waals surface area contributed by atoms with E-state index in [-0.39, 0.29) is 29.3 Å². The SMILES string of the molecule is Cc1csc(=O)n1CCC(=O)N[C@H](C)c1ccccc1OC(C)C. The van der Waals surface area contributed by atoms with Crippen molar-refractivity contribution in [3.05, 3.63) is 50.6 Å². The van der Waals surface area contributed by atoms with Crippen LogP contribution in [0.25, 0.3) is 0 Å². The van der Waals surface area contributed by atoms with Crippen LogP contribution >= 0.6 is 11.3 Å². The van der Waals surface area contributed by atoms with Crippen molar-refractivity contribution < 1.29 is 9.53 Å². The Hall–Kier alpha value is -2.08. The molecule has 1 aromatic heterocycles. The summed E-state index contributed by atoms with van der Waals surface area (Å²) < 4.78 is 7.43. The fourth-order valence-electron chi connectivity index (χ4n) is 2.48. The van der Waals surface area contributed by atoms with E-state index >= 15 is 0 Å². The van der Waals surface area contributed by atoms with Gasteiger partial charge < -0.3 is 14.6 Å². The number of amides is 1. The van der Waals surface area contributed by atoms with Gasteiger partial charge in [-0.25, -0.2) is 0 Å². The Kier molecular flexibility index (Phi) is 6.20. The van der Waals surface area contributed by atoms with E-state index in [2.05, 4.69) is 5.32 Å². The third-order valence-electron chi connectivity index (χ3n) is 3.66. The lowest BCUT2D eigenvalue weighted by atomic mass is 10.1. The molecular formula is C18H24N2O3S. The standard InChI is InChI=1S/C18H24N2O3S/c1-12(2)23-16-8-6-5-7-15(16)14(4)19-17(21)9-10-20-13(3)11-24-18(20)22/h5-8,11-12,14H,9-10H2,1-4H3,(H,19,21)/t14-/m1/s1. The van der Waals surface area contributed by atoms with Crippen molar-refractivity contribution in [3.63, 3.8) is 0 Å². The third kappa shape index (κ3) is 4.71. The van der Waals surface area contributed by atoms with Crippen LogP contribution in [0.3, 0.4) is 0 Å². The number of nitrogens with one attached hydrogen (secondary N) is 1. The van der Waals surface area contributed by atoms with Gasteiger partial charge in [-0.2, -0.15) is 0 Å². The predicted molar refractivity (Wildman–Crippen MR) is 96.7 cm³/mol. The van der Waals surface area contributed by atoms with E-state index in [1.54, 1.807) is 4.57 Å². The minimum atomic E-state index is -0.159. The molecule has 1 N–H and O–H groups in total. The molecular weight excluding hydrogens is 324 g/mol. The number of hydrogen-bond acceptors (Lipinski definition) is 4. The Morgan fingerprint density at radius 3 is 2.62 bits per heavy atom. The van der Waals surface area contributed by atoms with Gasteiger partial charge >= 0.3 is 4.87 Å². The van der Waals surface area contributed by atoms with Crippen molar-refractivity contribution in [2.75, 3.05) is 0 Å². The number of carbonyl (C=O) groups excluding carboxylic acids is 1. The number of carbonyl (C=O) groups is 1. The molecule has 0 spiro atoms. The number of aryl methyl sites for hydroxylation is 1. The summed E-state index contributed by atoms with van der Waals surface area (Å²) in [5, 5.41) is 4.79. The molecule has 1 amide bonds. The smallest absolute Gasteiger partial charge is 0.307 e. The summed E-state index contributed by atoms with van der Waals surface area (Å²) >= 11 is 1.16. The molecule has 0 fully saturated rings. The van der Waals surface area contributed by atoms with E-state index in [0.29, 0.717) is 6.54 Å². The number of nitrogens with zero attached hydrogens (tertiary/aromatic N) is 1. The van der Waals surface area contributed by atoms with Gasteiger partial charge in [0.15, 0.2) is 0 Å². The first-order valence-corrected chi connectivity index (χ1v) is 8.96. The molecule has 0 aliphatic rings. The first kappa shape index (κ1) is 18.3. The molecule has 0 saturated carbocycles. The van der Waals surface area contributed by atoms with E-state index in [4.69, 9.17) is 4.74 Å². The second-order valence-electron chi connectivity index (χ2n) is 6.04. The molecule has 1 atom stereocenters. The maximum atomic E-state index is 12.2. The van der Waals surface area contributed by atoms with Gasteiger partial charge in [-0.3, -0.25) is 9.59 Å². The number of ether oxygens (including phenoxy) is 1. The zero-order chi connectivity index (χ0) is 17.7. The van der Waals surface area contributed by atoms with Crippen LogP contribution in [0, 0.1) is 6.92 Å². The summed E-state index contributed by atoms with van der Waals surface area (Å²) in [6.07, 6.45) is 0.345. The molecule has 0 aliphatic heterocycles. The second kappa shape index (κ2) is 8.15. The van der Waals surface area contributed by atoms with Crippen molar-refractivity contribution in [1.82, 2.24) is 9.88 Å². The molecule has 0 aliphatic carbocycles. The molecule has 6 heteroatoms. The average molecular weight is 348 g/mol. The summed E-state index contributed by atoms with van der Waals surface area (Å²) in [7, 11) is 0. The monoisotopic (exact) mass is 348 g/mol. The van der Waals surface area contributed by atoms with E-state index < -0.39 is 0 Å². The Morgan fingerprint density at radius 1 is 1.29 bits per heavy atom. The molecule has 0 saturated heterocycles. The maximum Gasteiger partial charge on any atom is 0.307 e. The van der Waals surface area contributed by atoms with E-state index in [1.165, 1.54) is 0 Å². The van der Waals surface area contributed by atoms with Crippen LogP contribution in [0.15, 0.2) is 34.4 Å². The van der Waals surface area contributed by atoms with Crippen molar-refractivity contribution in [3.8, 4) is 5.75 Å². The van der Waals surface area contributed by atoms with Crippen LogP contribution < -0.4 is 14.9 Å². The largest absolute Gasteiger partial charge is 0.491 e. The zero-order valence-electron chi connectivity index (χ0n) is 14.5. The zero-order valence-corrected chi connectivity index (χ0v) is 15.4. The molecule has 0 bridgehead atoms. The van der Waals surface area contributed by atoms with Crippen LogP contribution in [0.1, 0.15) is 44.5 Å². The highest BCUT2D eigenvalue weighted by Gasteiger charge is 2.15. The number of benzene rings is 1.